The minimum Gasteiger partial charge on any atom is -0.326 e. The van der Waals surface area contributed by atoms with E-state index >= 15 is 0 Å². The van der Waals surface area contributed by atoms with Crippen LogP contribution in [-0.4, -0.2) is 48.6 Å². The zero-order valence-electron chi connectivity index (χ0n) is 14.2. The van der Waals surface area contributed by atoms with Crippen molar-refractivity contribution in [2.24, 2.45) is 11.7 Å². The maximum atomic E-state index is 12.4. The van der Waals surface area contributed by atoms with Crippen LogP contribution in [0.5, 0.6) is 0 Å². The van der Waals surface area contributed by atoms with E-state index in [2.05, 4.69) is 5.32 Å². The van der Waals surface area contributed by atoms with Gasteiger partial charge in [-0.3, -0.25) is 14.2 Å². The number of sulfonamides is 1. The van der Waals surface area contributed by atoms with Crippen molar-refractivity contribution in [2.45, 2.75) is 6.04 Å². The van der Waals surface area contributed by atoms with Gasteiger partial charge in [0.25, 0.3) is 5.56 Å². The number of pyridine rings is 1. The fourth-order valence-corrected chi connectivity index (χ4v) is 3.80. The van der Waals surface area contributed by atoms with Crippen LogP contribution in [0.1, 0.15) is 0 Å². The van der Waals surface area contributed by atoms with Crippen LogP contribution in [0.3, 0.4) is 0 Å². The van der Waals surface area contributed by atoms with Crippen molar-refractivity contribution in [2.75, 3.05) is 24.7 Å². The maximum Gasteiger partial charge on any atom is 0.255 e. The van der Waals surface area contributed by atoms with Gasteiger partial charge in [-0.05, 0) is 30.3 Å². The average Bonchev–Trinajstić information content (AvgIpc) is 2.98. The largest absolute Gasteiger partial charge is 0.326 e. The number of hydrogen-bond acceptors (Lipinski definition) is 5. The SMILES string of the molecule is CS(=O)(=O)N1CC(N)C(C(=O)Nc2ccc(-n3ccccc3=O)cc2)C1. The molecule has 1 fully saturated rings. The molecule has 1 aliphatic rings. The number of carbonyl (C=O) groups excluding carboxylic acids is 1. The fraction of sp³-hybridized carbons (Fsp3) is 0.294. The average molecular weight is 376 g/mol. The van der Waals surface area contributed by atoms with Gasteiger partial charge in [0.15, 0.2) is 0 Å². The fourth-order valence-electron chi connectivity index (χ4n) is 2.92. The predicted molar refractivity (Wildman–Crippen MR) is 98.6 cm³/mol. The molecule has 1 saturated heterocycles. The Morgan fingerprint density at radius 3 is 2.42 bits per heavy atom. The molecule has 1 aromatic carbocycles. The lowest BCUT2D eigenvalue weighted by molar-refractivity contribution is -0.119. The summed E-state index contributed by atoms with van der Waals surface area (Å²) in [6.45, 7) is 0.204. The van der Waals surface area contributed by atoms with Gasteiger partial charge >= 0.3 is 0 Å². The second-order valence-electron chi connectivity index (χ2n) is 6.30. The number of nitrogens with two attached hydrogens (primary N) is 1. The summed E-state index contributed by atoms with van der Waals surface area (Å²) >= 11 is 0. The molecule has 0 aliphatic carbocycles. The van der Waals surface area contributed by atoms with Gasteiger partial charge in [-0.25, -0.2) is 8.42 Å². The molecule has 9 heteroatoms. The third-order valence-electron chi connectivity index (χ3n) is 4.37. The highest BCUT2D eigenvalue weighted by Crippen LogP contribution is 2.20. The molecule has 138 valence electrons. The summed E-state index contributed by atoms with van der Waals surface area (Å²) in [6.07, 6.45) is 2.76. The highest BCUT2D eigenvalue weighted by atomic mass is 32.2. The number of amides is 1. The molecule has 3 rings (SSSR count). The van der Waals surface area contributed by atoms with Crippen LogP contribution in [0.15, 0.2) is 53.5 Å². The summed E-state index contributed by atoms with van der Waals surface area (Å²) in [6, 6.07) is 11.1. The number of nitrogens with zero attached hydrogens (tertiary/aromatic N) is 2. The van der Waals surface area contributed by atoms with Crippen molar-refractivity contribution >= 4 is 21.6 Å². The lowest BCUT2D eigenvalue weighted by Crippen LogP contribution is -2.37. The second-order valence-corrected chi connectivity index (χ2v) is 8.28. The summed E-state index contributed by atoms with van der Waals surface area (Å²) in [5.41, 5.74) is 7.01. The van der Waals surface area contributed by atoms with E-state index in [0.29, 0.717) is 11.4 Å². The molecule has 2 unspecified atom stereocenters. The summed E-state index contributed by atoms with van der Waals surface area (Å²) in [5.74, 6) is -0.936. The van der Waals surface area contributed by atoms with Crippen LogP contribution in [0, 0.1) is 5.92 Å². The first-order valence-corrected chi connectivity index (χ1v) is 9.90. The lowest BCUT2D eigenvalue weighted by Gasteiger charge is -2.15. The maximum absolute atomic E-state index is 12.4. The number of aromatic nitrogens is 1. The Hall–Kier alpha value is -2.49. The molecule has 2 heterocycles. The molecule has 1 aliphatic heterocycles. The Bertz CT molecular complexity index is 969. The Labute approximate surface area is 151 Å². The van der Waals surface area contributed by atoms with Crippen LogP contribution in [0.25, 0.3) is 5.69 Å². The zero-order valence-corrected chi connectivity index (χ0v) is 15.0. The normalized spacial score (nSPS) is 20.8. The minimum absolute atomic E-state index is 0.0727. The van der Waals surface area contributed by atoms with Gasteiger partial charge < -0.3 is 11.1 Å². The van der Waals surface area contributed by atoms with Gasteiger partial charge in [0.1, 0.15) is 0 Å². The standard InChI is InChI=1S/C17H20N4O4S/c1-26(24,25)20-10-14(15(18)11-20)17(23)19-12-5-7-13(8-6-12)21-9-3-2-4-16(21)22/h2-9,14-15H,10-11,18H2,1H3,(H,19,23). The monoisotopic (exact) mass is 376 g/mol. The predicted octanol–water partition coefficient (Wildman–Crippen LogP) is -0.00530. The second kappa shape index (κ2) is 7.02. The molecule has 2 atom stereocenters. The molecular weight excluding hydrogens is 356 g/mol. The third-order valence-corrected chi connectivity index (χ3v) is 5.61. The minimum atomic E-state index is -3.37. The summed E-state index contributed by atoms with van der Waals surface area (Å²) in [5, 5.41) is 2.75. The van der Waals surface area contributed by atoms with Crippen molar-refractivity contribution in [1.82, 2.24) is 8.87 Å². The van der Waals surface area contributed by atoms with Crippen molar-refractivity contribution in [3.8, 4) is 5.69 Å². The molecular formula is C17H20N4O4S. The summed E-state index contributed by atoms with van der Waals surface area (Å²) in [7, 11) is -3.37. The molecule has 0 bridgehead atoms. The van der Waals surface area contributed by atoms with Crippen molar-refractivity contribution in [1.29, 1.82) is 0 Å². The Balaban J connectivity index is 1.71. The number of anilines is 1. The van der Waals surface area contributed by atoms with E-state index in [9.17, 15) is 18.0 Å². The molecule has 0 spiro atoms. The van der Waals surface area contributed by atoms with E-state index in [4.69, 9.17) is 5.73 Å². The topological polar surface area (TPSA) is 114 Å². The van der Waals surface area contributed by atoms with Gasteiger partial charge in [0.2, 0.25) is 15.9 Å². The number of benzene rings is 1. The van der Waals surface area contributed by atoms with Crippen molar-refractivity contribution in [3.63, 3.8) is 0 Å². The van der Waals surface area contributed by atoms with E-state index < -0.39 is 22.0 Å². The number of hydrogen-bond donors (Lipinski definition) is 2. The van der Waals surface area contributed by atoms with Crippen LogP contribution in [-0.2, 0) is 14.8 Å². The molecule has 8 nitrogen and oxygen atoms in total. The van der Waals surface area contributed by atoms with Gasteiger partial charge in [-0.2, -0.15) is 4.31 Å². The van der Waals surface area contributed by atoms with Gasteiger partial charge in [-0.1, -0.05) is 6.07 Å². The van der Waals surface area contributed by atoms with Gasteiger partial charge in [-0.15, -0.1) is 0 Å². The Morgan fingerprint density at radius 2 is 1.85 bits per heavy atom. The Kier molecular flexibility index (Phi) is 4.94. The molecule has 26 heavy (non-hydrogen) atoms. The highest BCUT2D eigenvalue weighted by molar-refractivity contribution is 7.88. The highest BCUT2D eigenvalue weighted by Gasteiger charge is 2.39. The zero-order chi connectivity index (χ0) is 18.9. The van der Waals surface area contributed by atoms with Crippen LogP contribution in [0.4, 0.5) is 5.69 Å². The smallest absolute Gasteiger partial charge is 0.255 e. The van der Waals surface area contributed by atoms with Crippen molar-refractivity contribution < 1.29 is 13.2 Å². The van der Waals surface area contributed by atoms with E-state index in [1.54, 1.807) is 42.6 Å². The van der Waals surface area contributed by atoms with E-state index in [1.165, 1.54) is 14.9 Å². The molecule has 1 amide bonds. The third kappa shape index (κ3) is 3.85. The molecule has 3 N–H and O–H groups in total. The van der Waals surface area contributed by atoms with Crippen molar-refractivity contribution in [3.05, 3.63) is 59.0 Å². The lowest BCUT2D eigenvalue weighted by atomic mass is 10.0. The van der Waals surface area contributed by atoms with E-state index in [0.717, 1.165) is 6.26 Å². The van der Waals surface area contributed by atoms with Crippen LogP contribution < -0.4 is 16.6 Å². The van der Waals surface area contributed by atoms with E-state index in [1.807, 2.05) is 0 Å². The first-order valence-electron chi connectivity index (χ1n) is 8.05. The van der Waals surface area contributed by atoms with Gasteiger partial charge in [0.05, 0.1) is 12.2 Å². The van der Waals surface area contributed by atoms with Crippen LogP contribution in [0.2, 0.25) is 0 Å². The number of carbonyl (C=O) groups is 1. The first-order chi connectivity index (χ1) is 12.3. The van der Waals surface area contributed by atoms with E-state index in [-0.39, 0.29) is 24.6 Å². The molecule has 0 radical (unpaired) electrons. The number of rotatable bonds is 4. The summed E-state index contributed by atoms with van der Waals surface area (Å²) < 4.78 is 25.9. The van der Waals surface area contributed by atoms with Crippen LogP contribution >= 0.6 is 0 Å². The molecule has 2 aromatic rings. The summed E-state index contributed by atoms with van der Waals surface area (Å²) in [4.78, 5) is 24.3. The Morgan fingerprint density at radius 1 is 1.15 bits per heavy atom. The number of nitrogens with one attached hydrogen (secondary N) is 1. The quantitative estimate of drug-likeness (QED) is 0.779. The first kappa shape index (κ1) is 18.3. The van der Waals surface area contributed by atoms with Gasteiger partial charge in [0, 0.05) is 42.8 Å². The molecule has 0 saturated carbocycles. The molecule has 1 aromatic heterocycles.